The summed E-state index contributed by atoms with van der Waals surface area (Å²) in [7, 11) is 0. The van der Waals surface area contributed by atoms with Crippen LogP contribution in [-0.4, -0.2) is 22.1 Å². The molecule has 1 atom stereocenters. The minimum atomic E-state index is -0.594. The molecule has 1 amide bonds. The molecule has 0 radical (unpaired) electrons. The van der Waals surface area contributed by atoms with Gasteiger partial charge in [-0.05, 0) is 25.3 Å². The third-order valence-electron chi connectivity index (χ3n) is 2.74. The van der Waals surface area contributed by atoms with Gasteiger partial charge in [-0.2, -0.15) is 10.4 Å². The smallest absolute Gasteiger partial charge is 0.239 e. The van der Waals surface area contributed by atoms with E-state index < -0.39 is 11.9 Å². The van der Waals surface area contributed by atoms with E-state index in [4.69, 9.17) is 5.73 Å². The first-order valence-corrected chi connectivity index (χ1v) is 5.89. The molecule has 1 aromatic rings. The van der Waals surface area contributed by atoms with E-state index in [9.17, 15) is 10.1 Å². The summed E-state index contributed by atoms with van der Waals surface area (Å²) >= 11 is 0. The summed E-state index contributed by atoms with van der Waals surface area (Å²) in [5.41, 5.74) is 7.29. The lowest BCUT2D eigenvalue weighted by Gasteiger charge is -2.14. The molecule has 0 fully saturated rings. The zero-order valence-electron chi connectivity index (χ0n) is 10.8. The van der Waals surface area contributed by atoms with Gasteiger partial charge in [0.05, 0.1) is 5.69 Å². The van der Waals surface area contributed by atoms with Gasteiger partial charge >= 0.3 is 0 Å². The fourth-order valence-corrected chi connectivity index (χ4v) is 1.67. The van der Waals surface area contributed by atoms with E-state index in [1.165, 1.54) is 0 Å². The number of nitriles is 1. The molecule has 1 heterocycles. The van der Waals surface area contributed by atoms with Crippen LogP contribution >= 0.6 is 0 Å². The molecule has 0 aliphatic heterocycles. The number of anilines is 1. The Morgan fingerprint density at radius 2 is 2.11 bits per heavy atom. The van der Waals surface area contributed by atoms with Crippen LogP contribution in [0.25, 0.3) is 0 Å². The Bertz CT molecular complexity index is 492. The van der Waals surface area contributed by atoms with E-state index in [-0.39, 0.29) is 0 Å². The molecule has 1 aromatic heterocycles. The maximum atomic E-state index is 11.0. The highest BCUT2D eigenvalue weighted by molar-refractivity contribution is 5.82. The first kappa shape index (κ1) is 13.9. The number of amides is 1. The van der Waals surface area contributed by atoms with Crippen molar-refractivity contribution in [1.29, 1.82) is 5.26 Å². The third kappa shape index (κ3) is 2.74. The maximum absolute atomic E-state index is 11.0. The Morgan fingerprint density at radius 1 is 1.44 bits per heavy atom. The molecule has 0 saturated heterocycles. The fourth-order valence-electron chi connectivity index (χ4n) is 1.67. The summed E-state index contributed by atoms with van der Waals surface area (Å²) in [5.74, 6) is -0.184. The number of rotatable bonds is 5. The average Bonchev–Trinajstić information content (AvgIpc) is 2.37. The zero-order valence-corrected chi connectivity index (χ0v) is 10.8. The van der Waals surface area contributed by atoms with Crippen LogP contribution in [0, 0.1) is 11.3 Å². The molecule has 0 spiro atoms. The Morgan fingerprint density at radius 3 is 2.56 bits per heavy atom. The second-order valence-corrected chi connectivity index (χ2v) is 3.94. The molecule has 0 bridgehead atoms. The first-order valence-electron chi connectivity index (χ1n) is 5.89. The lowest BCUT2D eigenvalue weighted by molar-refractivity contribution is -0.118. The molecule has 0 aliphatic rings. The Labute approximate surface area is 106 Å². The predicted octanol–water partition coefficient (Wildman–Crippen LogP) is 0.759. The van der Waals surface area contributed by atoms with Crippen LogP contribution in [-0.2, 0) is 17.6 Å². The van der Waals surface area contributed by atoms with E-state index >= 15 is 0 Å². The van der Waals surface area contributed by atoms with Crippen molar-refractivity contribution in [2.75, 3.05) is 5.32 Å². The van der Waals surface area contributed by atoms with Crippen LogP contribution in [0.1, 0.15) is 37.6 Å². The minimum absolute atomic E-state index is 0.317. The molecule has 0 saturated carbocycles. The van der Waals surface area contributed by atoms with E-state index in [0.717, 1.165) is 17.7 Å². The van der Waals surface area contributed by atoms with Gasteiger partial charge in [-0.1, -0.05) is 13.8 Å². The van der Waals surface area contributed by atoms with Gasteiger partial charge in [0.25, 0.3) is 0 Å². The van der Waals surface area contributed by atoms with Crippen molar-refractivity contribution < 1.29 is 4.79 Å². The molecule has 0 aromatic carbocycles. The second kappa shape index (κ2) is 5.96. The molecule has 6 heteroatoms. The van der Waals surface area contributed by atoms with Gasteiger partial charge in [0, 0.05) is 0 Å². The van der Waals surface area contributed by atoms with E-state index in [1.54, 1.807) is 6.92 Å². The molecule has 3 N–H and O–H groups in total. The highest BCUT2D eigenvalue weighted by Gasteiger charge is 2.17. The molecule has 96 valence electrons. The van der Waals surface area contributed by atoms with Gasteiger partial charge < -0.3 is 11.1 Å². The topological polar surface area (TPSA) is 105 Å². The van der Waals surface area contributed by atoms with Crippen molar-refractivity contribution in [3.63, 3.8) is 0 Å². The Balaban J connectivity index is 3.22. The summed E-state index contributed by atoms with van der Waals surface area (Å²) in [6.45, 7) is 5.53. The monoisotopic (exact) mass is 247 g/mol. The lowest BCUT2D eigenvalue weighted by atomic mass is 10.0. The number of hydrogen-bond acceptors (Lipinski definition) is 5. The fraction of sp³-hybridized carbons (Fsp3) is 0.500. The van der Waals surface area contributed by atoms with Gasteiger partial charge in [-0.25, -0.2) is 0 Å². The van der Waals surface area contributed by atoms with Crippen LogP contribution in [0.4, 0.5) is 5.82 Å². The third-order valence-corrected chi connectivity index (χ3v) is 2.74. The Kier molecular flexibility index (Phi) is 4.60. The number of hydrogen-bond donors (Lipinski definition) is 2. The average molecular weight is 247 g/mol. The molecule has 6 nitrogen and oxygen atoms in total. The first-order chi connectivity index (χ1) is 8.54. The number of carbonyl (C=O) groups excluding carboxylic acids is 1. The van der Waals surface area contributed by atoms with Crippen LogP contribution in [0.2, 0.25) is 0 Å². The normalized spacial score (nSPS) is 11.7. The van der Waals surface area contributed by atoms with Crippen molar-refractivity contribution in [3.05, 3.63) is 16.8 Å². The van der Waals surface area contributed by atoms with E-state index in [0.29, 0.717) is 17.8 Å². The number of aromatic nitrogens is 2. The van der Waals surface area contributed by atoms with Gasteiger partial charge in [-0.3, -0.25) is 4.79 Å². The predicted molar refractivity (Wildman–Crippen MR) is 67.8 cm³/mol. The minimum Gasteiger partial charge on any atom is -0.368 e. The largest absolute Gasteiger partial charge is 0.368 e. The van der Waals surface area contributed by atoms with Crippen molar-refractivity contribution in [2.45, 2.75) is 39.7 Å². The van der Waals surface area contributed by atoms with Crippen LogP contribution < -0.4 is 11.1 Å². The van der Waals surface area contributed by atoms with Crippen molar-refractivity contribution >= 4 is 11.7 Å². The van der Waals surface area contributed by atoms with Crippen LogP contribution in [0.15, 0.2) is 0 Å². The summed E-state index contributed by atoms with van der Waals surface area (Å²) in [4.78, 5) is 11.0. The highest BCUT2D eigenvalue weighted by atomic mass is 16.1. The number of nitrogens with zero attached hydrogens (tertiary/aromatic N) is 3. The Hall–Kier alpha value is -2.16. The zero-order chi connectivity index (χ0) is 13.7. The number of nitrogens with one attached hydrogen (secondary N) is 1. The maximum Gasteiger partial charge on any atom is 0.239 e. The molecule has 1 rings (SSSR count). The SMILES string of the molecule is CCc1nnc(NC(C)C(N)=O)c(C#N)c1CC. The van der Waals surface area contributed by atoms with Gasteiger partial charge in [0.1, 0.15) is 17.7 Å². The molecule has 0 aliphatic carbocycles. The second-order valence-electron chi connectivity index (χ2n) is 3.94. The van der Waals surface area contributed by atoms with Crippen LogP contribution in [0.5, 0.6) is 0 Å². The number of primary amides is 1. The summed E-state index contributed by atoms with van der Waals surface area (Å²) in [6.07, 6.45) is 1.41. The van der Waals surface area contributed by atoms with Gasteiger partial charge in [0.15, 0.2) is 5.82 Å². The number of aryl methyl sites for hydroxylation is 1. The standard InChI is InChI=1S/C12H17N5O/c1-4-8-9(6-13)12(15-7(3)11(14)18)17-16-10(8)5-2/h7H,4-5H2,1-3H3,(H2,14,18)(H,15,17). The van der Waals surface area contributed by atoms with E-state index in [1.807, 2.05) is 13.8 Å². The molecule has 18 heavy (non-hydrogen) atoms. The molecular formula is C12H17N5O. The summed E-state index contributed by atoms with van der Waals surface area (Å²) < 4.78 is 0. The molecule has 1 unspecified atom stereocenters. The summed E-state index contributed by atoms with van der Waals surface area (Å²) in [5, 5.41) is 20.1. The van der Waals surface area contributed by atoms with Crippen LogP contribution in [0.3, 0.4) is 0 Å². The van der Waals surface area contributed by atoms with Crippen molar-refractivity contribution in [3.8, 4) is 6.07 Å². The quantitative estimate of drug-likeness (QED) is 0.799. The van der Waals surface area contributed by atoms with Gasteiger partial charge in [0.2, 0.25) is 5.91 Å². The van der Waals surface area contributed by atoms with Crippen molar-refractivity contribution in [2.24, 2.45) is 5.73 Å². The van der Waals surface area contributed by atoms with E-state index in [2.05, 4.69) is 21.6 Å². The number of nitrogens with two attached hydrogens (primary N) is 1. The summed E-state index contributed by atoms with van der Waals surface area (Å²) in [6, 6.07) is 1.52. The number of carbonyl (C=O) groups is 1. The van der Waals surface area contributed by atoms with Crippen molar-refractivity contribution in [1.82, 2.24) is 10.2 Å². The van der Waals surface area contributed by atoms with Gasteiger partial charge in [-0.15, -0.1) is 5.10 Å². The molecular weight excluding hydrogens is 230 g/mol. The lowest BCUT2D eigenvalue weighted by Crippen LogP contribution is -2.33. The highest BCUT2D eigenvalue weighted by Crippen LogP contribution is 2.20.